The number of hydrogen-bond donors (Lipinski definition) is 0. The van der Waals surface area contributed by atoms with Crippen molar-refractivity contribution >= 4 is 34.8 Å². The quantitative estimate of drug-likeness (QED) is 0.242. The number of hydrogen-bond acceptors (Lipinski definition) is 10. The van der Waals surface area contributed by atoms with E-state index in [1.165, 1.54) is 28.0 Å². The summed E-state index contributed by atoms with van der Waals surface area (Å²) in [6.45, 7) is 7.57. The number of piperidine rings is 1. The van der Waals surface area contributed by atoms with E-state index in [1.807, 2.05) is 0 Å². The molecule has 0 radical (unpaired) electrons. The molecule has 1 saturated heterocycles. The molecule has 3 aliphatic rings. The highest BCUT2D eigenvalue weighted by Gasteiger charge is 2.34. The SMILES string of the molecule is CCOC(=O)C1=C(C)N=c2s/c(=C/c3cc([N+](=O)[O-])ccc3N3CCC(C)CC3)c(=O)n2[C@@H]1c1ccc2c(c1)OCO2. The standard InChI is InChI=1S/C30H30N4O7S/c1-4-39-29(36)26-18(3)31-30-33(27(26)19-5-8-23-24(14-19)41-16-40-23)28(35)25(42-30)15-20-13-21(34(37)38)6-7-22(20)32-11-9-17(2)10-12-32/h5-8,13-15,17,27H,4,9-12,16H2,1-3H3/b25-15+/t27-/m1/s1. The highest BCUT2D eigenvalue weighted by atomic mass is 32.1. The summed E-state index contributed by atoms with van der Waals surface area (Å²) < 4.78 is 18.3. The first kappa shape index (κ1) is 27.7. The number of allylic oxidation sites excluding steroid dienone is 1. The number of carbonyl (C=O) groups excluding carboxylic acids is 1. The summed E-state index contributed by atoms with van der Waals surface area (Å²) in [4.78, 5) is 45.8. The van der Waals surface area contributed by atoms with Gasteiger partial charge in [0.1, 0.15) is 0 Å². The number of esters is 1. The largest absolute Gasteiger partial charge is 0.463 e. The second kappa shape index (κ2) is 11.1. The van der Waals surface area contributed by atoms with Gasteiger partial charge in [-0.1, -0.05) is 24.3 Å². The molecule has 0 aliphatic carbocycles. The molecule has 3 aromatic rings. The number of benzene rings is 2. The van der Waals surface area contributed by atoms with Gasteiger partial charge in [-0.05, 0) is 62.4 Å². The Bertz CT molecular complexity index is 1800. The van der Waals surface area contributed by atoms with Crippen LogP contribution in [-0.4, -0.2) is 41.9 Å². The number of carbonyl (C=O) groups is 1. The lowest BCUT2D eigenvalue weighted by Gasteiger charge is -2.33. The van der Waals surface area contributed by atoms with Crippen LogP contribution in [0.4, 0.5) is 11.4 Å². The van der Waals surface area contributed by atoms with Gasteiger partial charge in [-0.25, -0.2) is 9.79 Å². The predicted octanol–water partition coefficient (Wildman–Crippen LogP) is 3.67. The van der Waals surface area contributed by atoms with Crippen LogP contribution >= 0.6 is 11.3 Å². The fraction of sp³-hybridized carbons (Fsp3) is 0.367. The van der Waals surface area contributed by atoms with Crippen molar-refractivity contribution in [3.05, 3.63) is 88.6 Å². The summed E-state index contributed by atoms with van der Waals surface area (Å²) in [7, 11) is 0. The van der Waals surface area contributed by atoms with Gasteiger partial charge in [-0.3, -0.25) is 19.5 Å². The average Bonchev–Trinajstić information content (AvgIpc) is 3.56. The molecule has 218 valence electrons. The molecule has 3 aliphatic heterocycles. The van der Waals surface area contributed by atoms with Crippen LogP contribution in [0.15, 0.2) is 57.5 Å². The third-order valence-electron chi connectivity index (χ3n) is 7.86. The number of aromatic nitrogens is 1. The van der Waals surface area contributed by atoms with Gasteiger partial charge in [0.05, 0.1) is 33.4 Å². The molecule has 0 unspecified atom stereocenters. The smallest absolute Gasteiger partial charge is 0.338 e. The van der Waals surface area contributed by atoms with Crippen LogP contribution in [0.1, 0.15) is 50.8 Å². The Morgan fingerprint density at radius 3 is 2.69 bits per heavy atom. The topological polar surface area (TPSA) is 126 Å². The number of ether oxygens (including phenoxy) is 3. The molecule has 4 heterocycles. The summed E-state index contributed by atoms with van der Waals surface area (Å²) in [6, 6.07) is 9.26. The van der Waals surface area contributed by atoms with E-state index in [4.69, 9.17) is 14.2 Å². The van der Waals surface area contributed by atoms with Gasteiger partial charge in [0.15, 0.2) is 16.3 Å². The minimum absolute atomic E-state index is 0.0539. The Labute approximate surface area is 245 Å². The van der Waals surface area contributed by atoms with Crippen LogP contribution in [0.25, 0.3) is 6.08 Å². The molecule has 1 atom stereocenters. The molecule has 6 rings (SSSR count). The second-order valence-electron chi connectivity index (χ2n) is 10.6. The summed E-state index contributed by atoms with van der Waals surface area (Å²) in [5.74, 6) is 1.15. The van der Waals surface area contributed by atoms with Crippen molar-refractivity contribution in [1.29, 1.82) is 0 Å². The first-order valence-corrected chi connectivity index (χ1v) is 14.7. The van der Waals surface area contributed by atoms with Gasteiger partial charge >= 0.3 is 5.97 Å². The molecule has 0 saturated carbocycles. The van der Waals surface area contributed by atoms with Crippen molar-refractivity contribution in [3.8, 4) is 11.5 Å². The van der Waals surface area contributed by atoms with Gasteiger partial charge in [0.2, 0.25) is 6.79 Å². The minimum atomic E-state index is -0.815. The van der Waals surface area contributed by atoms with E-state index in [0.717, 1.165) is 31.6 Å². The molecule has 1 fully saturated rings. The Kier molecular flexibility index (Phi) is 7.31. The molecule has 11 nitrogen and oxygen atoms in total. The minimum Gasteiger partial charge on any atom is -0.463 e. The van der Waals surface area contributed by atoms with E-state index in [1.54, 1.807) is 44.2 Å². The van der Waals surface area contributed by atoms with Crippen LogP contribution in [0.2, 0.25) is 0 Å². The average molecular weight is 591 g/mol. The normalized spacial score (nSPS) is 18.6. The summed E-state index contributed by atoms with van der Waals surface area (Å²) >= 11 is 1.18. The second-order valence-corrected chi connectivity index (χ2v) is 11.6. The summed E-state index contributed by atoms with van der Waals surface area (Å²) in [5.41, 5.74) is 2.36. The number of fused-ring (bicyclic) bond motifs is 2. The number of nitrogens with zero attached hydrogens (tertiary/aromatic N) is 4. The van der Waals surface area contributed by atoms with E-state index < -0.39 is 16.9 Å². The van der Waals surface area contributed by atoms with Gasteiger partial charge in [0, 0.05) is 36.5 Å². The van der Waals surface area contributed by atoms with Crippen molar-refractivity contribution in [2.75, 3.05) is 31.4 Å². The molecule has 0 spiro atoms. The monoisotopic (exact) mass is 590 g/mol. The maximum Gasteiger partial charge on any atom is 0.338 e. The molecule has 0 amide bonds. The van der Waals surface area contributed by atoms with Crippen LogP contribution < -0.4 is 29.3 Å². The van der Waals surface area contributed by atoms with Gasteiger partial charge < -0.3 is 19.1 Å². The first-order chi connectivity index (χ1) is 20.2. The van der Waals surface area contributed by atoms with Gasteiger partial charge in [0.25, 0.3) is 11.2 Å². The Morgan fingerprint density at radius 2 is 1.95 bits per heavy atom. The molecule has 42 heavy (non-hydrogen) atoms. The molecular weight excluding hydrogens is 560 g/mol. The maximum atomic E-state index is 14.1. The Hall–Kier alpha value is -4.45. The van der Waals surface area contributed by atoms with Gasteiger partial charge in [-0.2, -0.15) is 0 Å². The lowest BCUT2D eigenvalue weighted by atomic mass is 9.95. The van der Waals surface area contributed by atoms with Gasteiger partial charge in [-0.15, -0.1) is 0 Å². The van der Waals surface area contributed by atoms with E-state index in [9.17, 15) is 19.7 Å². The third-order valence-corrected chi connectivity index (χ3v) is 8.85. The van der Waals surface area contributed by atoms with Crippen molar-refractivity contribution in [3.63, 3.8) is 0 Å². The lowest BCUT2D eigenvalue weighted by Crippen LogP contribution is -2.40. The van der Waals surface area contributed by atoms with E-state index in [0.29, 0.717) is 43.6 Å². The Balaban J connectivity index is 1.53. The van der Waals surface area contributed by atoms with Crippen molar-refractivity contribution in [2.45, 2.75) is 39.7 Å². The van der Waals surface area contributed by atoms with E-state index in [-0.39, 0.29) is 30.2 Å². The zero-order chi connectivity index (χ0) is 29.5. The first-order valence-electron chi connectivity index (χ1n) is 13.9. The number of non-ortho nitro benzene ring substituents is 1. The Morgan fingerprint density at radius 1 is 1.19 bits per heavy atom. The number of nitro benzene ring substituents is 1. The lowest BCUT2D eigenvalue weighted by molar-refractivity contribution is -0.384. The van der Waals surface area contributed by atoms with Crippen LogP contribution in [0.5, 0.6) is 11.5 Å². The molecule has 1 aromatic heterocycles. The van der Waals surface area contributed by atoms with Crippen molar-refractivity contribution in [2.24, 2.45) is 10.9 Å². The van der Waals surface area contributed by atoms with Crippen molar-refractivity contribution < 1.29 is 23.9 Å². The number of nitro groups is 1. The number of rotatable bonds is 6. The molecule has 12 heteroatoms. The van der Waals surface area contributed by atoms with Crippen molar-refractivity contribution in [1.82, 2.24) is 4.57 Å². The highest BCUT2D eigenvalue weighted by molar-refractivity contribution is 7.07. The molecule has 0 N–H and O–H groups in total. The van der Waals surface area contributed by atoms with E-state index >= 15 is 0 Å². The zero-order valence-electron chi connectivity index (χ0n) is 23.5. The number of thiazole rings is 1. The van der Waals surface area contributed by atoms with Crippen LogP contribution in [0.3, 0.4) is 0 Å². The number of anilines is 1. The zero-order valence-corrected chi connectivity index (χ0v) is 24.3. The fourth-order valence-electron chi connectivity index (χ4n) is 5.64. The maximum absolute atomic E-state index is 14.1. The summed E-state index contributed by atoms with van der Waals surface area (Å²) in [6.07, 6.45) is 3.73. The van der Waals surface area contributed by atoms with Crippen LogP contribution in [0, 0.1) is 16.0 Å². The highest BCUT2D eigenvalue weighted by Crippen LogP contribution is 2.38. The van der Waals surface area contributed by atoms with E-state index in [2.05, 4.69) is 16.8 Å². The molecule has 2 aromatic carbocycles. The molecule has 0 bridgehead atoms. The predicted molar refractivity (Wildman–Crippen MR) is 157 cm³/mol. The fourth-order valence-corrected chi connectivity index (χ4v) is 6.68. The third kappa shape index (κ3) is 4.95. The molecular formula is C30H30N4O7S. The van der Waals surface area contributed by atoms with Crippen LogP contribution in [-0.2, 0) is 9.53 Å². The summed E-state index contributed by atoms with van der Waals surface area (Å²) in [5, 5.41) is 11.7.